The summed E-state index contributed by atoms with van der Waals surface area (Å²) in [5.74, 6) is -0.709. The lowest BCUT2D eigenvalue weighted by Crippen LogP contribution is -2.35. The molecule has 1 rings (SSSR count). The Kier molecular flexibility index (Phi) is 4.99. The van der Waals surface area contributed by atoms with E-state index in [1.165, 1.54) is 18.4 Å². The number of rotatable bonds is 6. The summed E-state index contributed by atoms with van der Waals surface area (Å²) < 4.78 is 28.5. The minimum absolute atomic E-state index is 0.275. The van der Waals surface area contributed by atoms with E-state index >= 15 is 0 Å². The molecule has 0 saturated heterocycles. The highest BCUT2D eigenvalue weighted by Crippen LogP contribution is 2.02. The van der Waals surface area contributed by atoms with Crippen LogP contribution in [0.15, 0.2) is 30.3 Å². The summed E-state index contributed by atoms with van der Waals surface area (Å²) in [6.07, 6.45) is 1.12. The highest BCUT2D eigenvalue weighted by atomic mass is 32.2. The maximum Gasteiger partial charge on any atom is 0.338 e. The molecule has 0 heterocycles. The topological polar surface area (TPSA) is 89.5 Å². The first-order chi connectivity index (χ1) is 8.42. The zero-order chi connectivity index (χ0) is 13.6. The molecule has 0 bridgehead atoms. The molecule has 18 heavy (non-hydrogen) atoms. The first-order valence-corrected chi connectivity index (χ1v) is 6.90. The Morgan fingerprint density at radius 1 is 1.39 bits per heavy atom. The van der Waals surface area contributed by atoms with Gasteiger partial charge in [-0.15, -0.1) is 0 Å². The molecule has 1 radical (unpaired) electrons. The smallest absolute Gasteiger partial charge is 0.338 e. The van der Waals surface area contributed by atoms with E-state index in [-0.39, 0.29) is 12.1 Å². The van der Waals surface area contributed by atoms with Crippen molar-refractivity contribution < 1.29 is 22.7 Å². The number of carbonyl (C=O) groups is 1. The van der Waals surface area contributed by atoms with Gasteiger partial charge in [-0.1, -0.05) is 18.2 Å². The molecule has 0 aliphatic heterocycles. The maximum absolute atomic E-state index is 11.6. The van der Waals surface area contributed by atoms with Crippen LogP contribution in [0.3, 0.4) is 0 Å². The van der Waals surface area contributed by atoms with Gasteiger partial charge in [0, 0.05) is 0 Å². The zero-order valence-corrected chi connectivity index (χ0v) is 10.4. The van der Waals surface area contributed by atoms with Gasteiger partial charge in [0.05, 0.1) is 18.4 Å². The first kappa shape index (κ1) is 14.3. The molecule has 1 unspecified atom stereocenters. The first-order valence-electron chi connectivity index (χ1n) is 5.00. The second kappa shape index (κ2) is 6.27. The summed E-state index contributed by atoms with van der Waals surface area (Å²) in [5, 5.41) is 0. The second-order valence-corrected chi connectivity index (χ2v) is 5.33. The lowest BCUT2D eigenvalue weighted by Gasteiger charge is -2.11. The molecule has 0 saturated carbocycles. The van der Waals surface area contributed by atoms with Crippen LogP contribution in [0.25, 0.3) is 0 Å². The molecule has 0 aliphatic rings. The highest BCUT2D eigenvalue weighted by molar-refractivity contribution is 7.88. The van der Waals surface area contributed by atoms with E-state index < -0.39 is 22.1 Å². The summed E-state index contributed by atoms with van der Waals surface area (Å²) in [4.78, 5) is 22.1. The van der Waals surface area contributed by atoms with Gasteiger partial charge in [-0.2, -0.15) is 0 Å². The molecular weight excluding hydrogens is 258 g/mol. The number of benzene rings is 1. The highest BCUT2D eigenvalue weighted by Gasteiger charge is 2.17. The number of ether oxygens (including phenoxy) is 1. The van der Waals surface area contributed by atoms with Gasteiger partial charge in [0.15, 0.2) is 6.10 Å². The molecule has 1 N–H and O–H groups in total. The van der Waals surface area contributed by atoms with Crippen molar-refractivity contribution in [1.82, 2.24) is 4.72 Å². The van der Waals surface area contributed by atoms with Gasteiger partial charge < -0.3 is 4.74 Å². The lowest BCUT2D eigenvalue weighted by molar-refractivity contribution is 0.0428. The summed E-state index contributed by atoms with van der Waals surface area (Å²) in [5.41, 5.74) is 0.275. The number of esters is 1. The molecule has 7 heteroatoms. The predicted octanol–water partition coefficient (Wildman–Crippen LogP) is -0.129. The third-order valence-corrected chi connectivity index (χ3v) is 2.61. The SMILES string of the molecule is CS(=O)(=O)NCC([C]=O)OC(=O)c1ccccc1. The van der Waals surface area contributed by atoms with Gasteiger partial charge >= 0.3 is 5.97 Å². The molecule has 97 valence electrons. The van der Waals surface area contributed by atoms with Crippen molar-refractivity contribution in [3.63, 3.8) is 0 Å². The van der Waals surface area contributed by atoms with Crippen LogP contribution in [0.5, 0.6) is 0 Å². The Hall–Kier alpha value is -1.73. The van der Waals surface area contributed by atoms with E-state index in [0.717, 1.165) is 6.26 Å². The Bertz CT molecular complexity index is 511. The average Bonchev–Trinajstić information content (AvgIpc) is 2.34. The molecule has 0 amide bonds. The van der Waals surface area contributed by atoms with Crippen molar-refractivity contribution in [2.75, 3.05) is 12.8 Å². The number of hydrogen-bond acceptors (Lipinski definition) is 5. The molecule has 0 fully saturated rings. The van der Waals surface area contributed by atoms with E-state index in [0.29, 0.717) is 0 Å². The van der Waals surface area contributed by atoms with Gasteiger partial charge in [-0.25, -0.2) is 17.9 Å². The largest absolute Gasteiger partial charge is 0.449 e. The van der Waals surface area contributed by atoms with Crippen LogP contribution in [0.1, 0.15) is 10.4 Å². The van der Waals surface area contributed by atoms with E-state index in [2.05, 4.69) is 4.72 Å². The molecular formula is C11H12NO5S. The number of sulfonamides is 1. The van der Waals surface area contributed by atoms with Crippen LogP contribution in [0, 0.1) is 0 Å². The van der Waals surface area contributed by atoms with Gasteiger partial charge in [0.25, 0.3) is 0 Å². The van der Waals surface area contributed by atoms with Gasteiger partial charge in [0.1, 0.15) is 0 Å². The monoisotopic (exact) mass is 270 g/mol. The van der Waals surface area contributed by atoms with Crippen molar-refractivity contribution in [1.29, 1.82) is 0 Å². The minimum atomic E-state index is -3.45. The van der Waals surface area contributed by atoms with Crippen LogP contribution >= 0.6 is 0 Å². The fourth-order valence-electron chi connectivity index (χ4n) is 1.11. The van der Waals surface area contributed by atoms with Crippen LogP contribution in [0.2, 0.25) is 0 Å². The molecule has 0 aromatic heterocycles. The summed E-state index contributed by atoms with van der Waals surface area (Å²) >= 11 is 0. The zero-order valence-electron chi connectivity index (χ0n) is 9.62. The van der Waals surface area contributed by atoms with Gasteiger partial charge in [0.2, 0.25) is 16.3 Å². The Balaban J connectivity index is 2.59. The predicted molar refractivity (Wildman–Crippen MR) is 64.2 cm³/mol. The van der Waals surface area contributed by atoms with Crippen LogP contribution in [-0.4, -0.2) is 39.6 Å². The average molecular weight is 270 g/mol. The summed E-state index contributed by atoms with van der Waals surface area (Å²) in [7, 11) is -3.45. The Labute approximate surface area is 105 Å². The fraction of sp³-hybridized carbons (Fsp3) is 0.273. The third-order valence-electron chi connectivity index (χ3n) is 1.92. The van der Waals surface area contributed by atoms with Crippen molar-refractivity contribution >= 4 is 22.3 Å². The van der Waals surface area contributed by atoms with E-state index in [4.69, 9.17) is 4.74 Å². The molecule has 1 aromatic carbocycles. The van der Waals surface area contributed by atoms with Crippen molar-refractivity contribution in [2.45, 2.75) is 6.10 Å². The van der Waals surface area contributed by atoms with Crippen LogP contribution in [-0.2, 0) is 19.6 Å². The van der Waals surface area contributed by atoms with Crippen molar-refractivity contribution in [3.8, 4) is 0 Å². The molecule has 1 aromatic rings. The third kappa shape index (κ3) is 5.07. The summed E-state index contributed by atoms with van der Waals surface area (Å²) in [6.45, 7) is -0.332. The Morgan fingerprint density at radius 3 is 2.50 bits per heavy atom. The van der Waals surface area contributed by atoms with E-state index in [9.17, 15) is 18.0 Å². The van der Waals surface area contributed by atoms with Gasteiger partial charge in [-0.05, 0) is 12.1 Å². The normalized spacial score (nSPS) is 12.7. The minimum Gasteiger partial charge on any atom is -0.449 e. The van der Waals surface area contributed by atoms with Crippen molar-refractivity contribution in [3.05, 3.63) is 35.9 Å². The fourth-order valence-corrected chi connectivity index (χ4v) is 1.56. The van der Waals surface area contributed by atoms with Gasteiger partial charge in [-0.3, -0.25) is 4.79 Å². The molecule has 0 spiro atoms. The summed E-state index contributed by atoms with van der Waals surface area (Å²) in [6, 6.07) is 8.06. The molecule has 0 aliphatic carbocycles. The van der Waals surface area contributed by atoms with Crippen LogP contribution < -0.4 is 4.72 Å². The quantitative estimate of drug-likeness (QED) is 0.727. The Morgan fingerprint density at radius 2 is 2.00 bits per heavy atom. The number of hydrogen-bond donors (Lipinski definition) is 1. The maximum atomic E-state index is 11.6. The molecule has 6 nitrogen and oxygen atoms in total. The number of carbonyl (C=O) groups excluding carboxylic acids is 2. The van der Waals surface area contributed by atoms with Crippen molar-refractivity contribution in [2.24, 2.45) is 0 Å². The van der Waals surface area contributed by atoms with Crippen LogP contribution in [0.4, 0.5) is 0 Å². The standard InChI is InChI=1S/C11H12NO5S/c1-18(15,16)12-7-10(8-13)17-11(14)9-5-3-2-4-6-9/h2-6,10,12H,7H2,1H3. The number of nitrogens with one attached hydrogen (secondary N) is 1. The molecule has 1 atom stereocenters. The van der Waals surface area contributed by atoms with E-state index in [1.54, 1.807) is 18.2 Å². The second-order valence-electron chi connectivity index (χ2n) is 3.50. The van der Waals surface area contributed by atoms with E-state index in [1.807, 2.05) is 0 Å². The lowest BCUT2D eigenvalue weighted by atomic mass is 10.2.